The molecule has 2 aromatic rings. The lowest BCUT2D eigenvalue weighted by Gasteiger charge is -2.23. The molecule has 3 aliphatic rings. The Bertz CT molecular complexity index is 1250. The van der Waals surface area contributed by atoms with Gasteiger partial charge in [0.2, 0.25) is 5.75 Å². The molecule has 2 aromatic carbocycles. The van der Waals surface area contributed by atoms with E-state index in [1.165, 1.54) is 18.2 Å². The number of carbonyl (C=O) groups is 1. The third kappa shape index (κ3) is 4.81. The van der Waals surface area contributed by atoms with Crippen LogP contribution in [0.4, 0.5) is 14.9 Å². The van der Waals surface area contributed by atoms with Crippen molar-refractivity contribution in [2.75, 3.05) is 24.4 Å². The molecule has 10 heteroatoms. The molecule has 1 saturated heterocycles. The van der Waals surface area contributed by atoms with Crippen LogP contribution in [0.2, 0.25) is 0 Å². The number of nitrogens with zero attached hydrogens (tertiary/aromatic N) is 1. The fourth-order valence-corrected chi connectivity index (χ4v) is 6.77. The van der Waals surface area contributed by atoms with Crippen molar-refractivity contribution >= 4 is 21.9 Å². The Hall–Kier alpha value is -2.85. The Balaban J connectivity index is 1.44. The van der Waals surface area contributed by atoms with Gasteiger partial charge in [-0.3, -0.25) is 4.72 Å². The van der Waals surface area contributed by atoms with Crippen LogP contribution in [-0.2, 0) is 16.4 Å². The van der Waals surface area contributed by atoms with Gasteiger partial charge in [0.1, 0.15) is 5.82 Å². The Morgan fingerprint density at radius 3 is 2.91 bits per heavy atom. The maximum Gasteiger partial charge on any atom is 0.511 e. The van der Waals surface area contributed by atoms with Crippen molar-refractivity contribution in [2.24, 2.45) is 5.92 Å². The van der Waals surface area contributed by atoms with Crippen LogP contribution in [0.5, 0.6) is 11.5 Å². The average molecular weight is 505 g/mol. The molecule has 2 fully saturated rings. The number of likely N-dealkylation sites (tertiary alicyclic amines) is 1. The standard InChI is InChI=1S/C25H29FN2O6S/c1-2-28-11-3-4-18(28)7-5-15-12-17(26)6-10-22(15)35(31,32)27-21-9-8-19-20-13-16(20)14-33-23(19)24(21)34-25(29)30/h6,8-10,12,16,18,20,27H,2-5,7,11,13-14H2,1H3,(H,29,30)/t16-,18-,20-/m0/s1. The molecule has 1 aliphatic carbocycles. The number of sulfonamides is 1. The second-order valence-corrected chi connectivity index (χ2v) is 11.1. The summed E-state index contributed by atoms with van der Waals surface area (Å²) >= 11 is 0. The highest BCUT2D eigenvalue weighted by molar-refractivity contribution is 7.92. The minimum Gasteiger partial charge on any atom is -0.489 e. The van der Waals surface area contributed by atoms with Crippen LogP contribution >= 0.6 is 0 Å². The summed E-state index contributed by atoms with van der Waals surface area (Å²) in [5.74, 6) is 0.244. The van der Waals surface area contributed by atoms with Crippen molar-refractivity contribution < 1.29 is 32.2 Å². The average Bonchev–Trinajstić information content (AvgIpc) is 3.47. The van der Waals surface area contributed by atoms with Gasteiger partial charge in [-0.2, -0.15) is 0 Å². The van der Waals surface area contributed by atoms with Gasteiger partial charge in [-0.1, -0.05) is 13.0 Å². The van der Waals surface area contributed by atoms with Gasteiger partial charge in [0.15, 0.2) is 5.75 Å². The minimum absolute atomic E-state index is 0.0338. The van der Waals surface area contributed by atoms with Crippen molar-refractivity contribution in [2.45, 2.75) is 55.9 Å². The Labute approximate surface area is 204 Å². The topological polar surface area (TPSA) is 105 Å². The van der Waals surface area contributed by atoms with E-state index in [0.717, 1.165) is 50.4 Å². The summed E-state index contributed by atoms with van der Waals surface area (Å²) < 4.78 is 54.2. The number of hydrogen-bond acceptors (Lipinski definition) is 6. The van der Waals surface area contributed by atoms with Gasteiger partial charge in [0.25, 0.3) is 10.0 Å². The highest BCUT2D eigenvalue weighted by Gasteiger charge is 2.45. The molecule has 0 unspecified atom stereocenters. The summed E-state index contributed by atoms with van der Waals surface area (Å²) in [7, 11) is -4.17. The number of rotatable bonds is 8. The molecule has 0 spiro atoms. The zero-order chi connectivity index (χ0) is 24.7. The number of nitrogens with one attached hydrogen (secondary N) is 1. The molecular weight excluding hydrogens is 475 g/mol. The van der Waals surface area contributed by atoms with Crippen molar-refractivity contribution in [3.05, 3.63) is 47.3 Å². The van der Waals surface area contributed by atoms with Gasteiger partial charge in [-0.15, -0.1) is 0 Å². The van der Waals surface area contributed by atoms with Crippen molar-refractivity contribution in [3.8, 4) is 11.5 Å². The second-order valence-electron chi connectivity index (χ2n) is 9.46. The smallest absolute Gasteiger partial charge is 0.489 e. The van der Waals surface area contributed by atoms with E-state index < -0.39 is 22.0 Å². The van der Waals surface area contributed by atoms with E-state index in [2.05, 4.69) is 16.5 Å². The molecule has 35 heavy (non-hydrogen) atoms. The minimum atomic E-state index is -4.17. The van der Waals surface area contributed by atoms with E-state index in [-0.39, 0.29) is 28.0 Å². The van der Waals surface area contributed by atoms with E-state index in [4.69, 9.17) is 9.47 Å². The van der Waals surface area contributed by atoms with Crippen LogP contribution in [0.25, 0.3) is 0 Å². The summed E-state index contributed by atoms with van der Waals surface area (Å²) in [5, 5.41) is 9.27. The first-order chi connectivity index (χ1) is 16.8. The Morgan fingerprint density at radius 1 is 1.31 bits per heavy atom. The summed E-state index contributed by atoms with van der Waals surface area (Å²) in [5.41, 5.74) is 1.17. The largest absolute Gasteiger partial charge is 0.511 e. The Morgan fingerprint density at radius 2 is 2.14 bits per heavy atom. The zero-order valence-corrected chi connectivity index (χ0v) is 20.3. The number of benzene rings is 2. The lowest BCUT2D eigenvalue weighted by Crippen LogP contribution is -2.29. The first kappa shape index (κ1) is 23.9. The van der Waals surface area contributed by atoms with E-state index in [9.17, 15) is 22.7 Å². The summed E-state index contributed by atoms with van der Waals surface area (Å²) in [6, 6.07) is 7.21. The normalized spacial score (nSPS) is 23.2. The number of fused-ring (bicyclic) bond motifs is 3. The molecule has 1 saturated carbocycles. The van der Waals surface area contributed by atoms with Crippen LogP contribution in [-0.4, -0.2) is 50.3 Å². The second kappa shape index (κ2) is 9.31. The maximum atomic E-state index is 14.1. The Kier molecular flexibility index (Phi) is 6.35. The maximum absolute atomic E-state index is 14.1. The van der Waals surface area contributed by atoms with Crippen molar-refractivity contribution in [3.63, 3.8) is 0 Å². The summed E-state index contributed by atoms with van der Waals surface area (Å²) in [6.07, 6.45) is 2.64. The number of aryl methyl sites for hydroxylation is 1. The van der Waals surface area contributed by atoms with Crippen LogP contribution in [0.15, 0.2) is 35.2 Å². The van der Waals surface area contributed by atoms with Crippen molar-refractivity contribution in [1.82, 2.24) is 4.90 Å². The highest BCUT2D eigenvalue weighted by atomic mass is 32.2. The van der Waals surface area contributed by atoms with Gasteiger partial charge < -0.3 is 19.5 Å². The number of anilines is 1. The molecular formula is C25H29FN2O6S. The lowest BCUT2D eigenvalue weighted by molar-refractivity contribution is 0.141. The van der Waals surface area contributed by atoms with E-state index in [1.54, 1.807) is 6.07 Å². The summed E-state index contributed by atoms with van der Waals surface area (Å²) in [4.78, 5) is 13.7. The molecule has 2 N–H and O–H groups in total. The highest BCUT2D eigenvalue weighted by Crippen LogP contribution is 2.57. The molecule has 2 aliphatic heterocycles. The number of carboxylic acid groups (broad SMARTS) is 1. The molecule has 0 amide bonds. The van der Waals surface area contributed by atoms with Gasteiger partial charge in [0.05, 0.1) is 17.2 Å². The number of ether oxygens (including phenoxy) is 2. The predicted octanol–water partition coefficient (Wildman–Crippen LogP) is 4.60. The van der Waals surface area contributed by atoms with Crippen molar-refractivity contribution in [1.29, 1.82) is 0 Å². The predicted molar refractivity (Wildman–Crippen MR) is 127 cm³/mol. The first-order valence-corrected chi connectivity index (χ1v) is 13.5. The molecule has 2 heterocycles. The van der Waals surface area contributed by atoms with Crippen LogP contribution < -0.4 is 14.2 Å². The molecule has 0 radical (unpaired) electrons. The van der Waals surface area contributed by atoms with Gasteiger partial charge >= 0.3 is 6.16 Å². The van der Waals surface area contributed by atoms with Gasteiger partial charge in [-0.05, 0) is 80.9 Å². The van der Waals surface area contributed by atoms with Crippen LogP contribution in [0, 0.1) is 11.7 Å². The number of halogens is 1. The fourth-order valence-electron chi connectivity index (χ4n) is 5.46. The quantitative estimate of drug-likeness (QED) is 0.400. The first-order valence-electron chi connectivity index (χ1n) is 12.0. The zero-order valence-electron chi connectivity index (χ0n) is 19.5. The third-order valence-electron chi connectivity index (χ3n) is 7.30. The molecule has 8 nitrogen and oxygen atoms in total. The van der Waals surface area contributed by atoms with Crippen LogP contribution in [0.3, 0.4) is 0 Å². The lowest BCUT2D eigenvalue weighted by atomic mass is 10.0. The molecule has 188 valence electrons. The van der Waals surface area contributed by atoms with Crippen LogP contribution in [0.1, 0.15) is 49.7 Å². The van der Waals surface area contributed by atoms with E-state index in [1.807, 2.05) is 0 Å². The monoisotopic (exact) mass is 504 g/mol. The fraction of sp³-hybridized carbons (Fsp3) is 0.480. The molecule has 0 aromatic heterocycles. The van der Waals surface area contributed by atoms with E-state index >= 15 is 0 Å². The third-order valence-corrected chi connectivity index (χ3v) is 8.77. The summed E-state index contributed by atoms with van der Waals surface area (Å²) in [6.45, 7) is 4.48. The molecule has 0 bridgehead atoms. The van der Waals surface area contributed by atoms with E-state index in [0.29, 0.717) is 30.6 Å². The van der Waals surface area contributed by atoms with Gasteiger partial charge in [0, 0.05) is 17.5 Å². The molecule has 5 rings (SSSR count). The van der Waals surface area contributed by atoms with Gasteiger partial charge in [-0.25, -0.2) is 17.6 Å². The molecule has 3 atom stereocenters. The number of hydrogen-bond donors (Lipinski definition) is 2. The SMILES string of the molecule is CCN1CCC[C@H]1CCc1cc(F)ccc1S(=O)(=O)Nc1ccc2c(c1OC(=O)O)OC[C@@H]1C[C@H]21.